The van der Waals surface area contributed by atoms with Crippen molar-refractivity contribution in [3.63, 3.8) is 0 Å². The van der Waals surface area contributed by atoms with E-state index in [0.29, 0.717) is 5.56 Å². The Kier molecular flexibility index (Phi) is 4.52. The first-order valence-corrected chi connectivity index (χ1v) is 6.82. The first kappa shape index (κ1) is 14.7. The second-order valence-corrected chi connectivity index (χ2v) is 5.31. The van der Waals surface area contributed by atoms with Gasteiger partial charge in [-0.3, -0.25) is 10.1 Å². The molecule has 1 aromatic rings. The van der Waals surface area contributed by atoms with Crippen LogP contribution >= 0.6 is 0 Å². The highest BCUT2D eigenvalue weighted by Gasteiger charge is 2.22. The lowest BCUT2D eigenvalue weighted by Crippen LogP contribution is -2.29. The molecule has 1 aromatic carbocycles. The molecule has 3 atom stereocenters. The van der Waals surface area contributed by atoms with Crippen LogP contribution in [-0.2, 0) is 0 Å². The molecule has 2 rings (SSSR count). The summed E-state index contributed by atoms with van der Waals surface area (Å²) in [4.78, 5) is 10.6. The topological polar surface area (TPSA) is 75.4 Å². The van der Waals surface area contributed by atoms with Crippen molar-refractivity contribution < 1.29 is 10.0 Å². The van der Waals surface area contributed by atoms with Gasteiger partial charge in [-0.2, -0.15) is 0 Å². The van der Waals surface area contributed by atoms with Gasteiger partial charge in [-0.25, -0.2) is 0 Å². The van der Waals surface area contributed by atoms with E-state index in [1.54, 1.807) is 13.0 Å². The first-order valence-electron chi connectivity index (χ1n) is 6.82. The van der Waals surface area contributed by atoms with Gasteiger partial charge in [0, 0.05) is 36.2 Å². The molecule has 0 aromatic heterocycles. The fraction of sp³-hybridized carbons (Fsp3) is 0.467. The minimum absolute atomic E-state index is 0.0296. The molecule has 0 unspecified atom stereocenters. The van der Waals surface area contributed by atoms with Gasteiger partial charge in [-0.15, -0.1) is 0 Å². The molecule has 5 heteroatoms. The van der Waals surface area contributed by atoms with Gasteiger partial charge in [0.2, 0.25) is 0 Å². The molecular weight excluding hydrogens is 256 g/mol. The summed E-state index contributed by atoms with van der Waals surface area (Å²) in [7, 11) is 0. The molecule has 108 valence electrons. The van der Waals surface area contributed by atoms with Gasteiger partial charge in [0.1, 0.15) is 0 Å². The lowest BCUT2D eigenvalue weighted by molar-refractivity contribution is -0.385. The van der Waals surface area contributed by atoms with Crippen LogP contribution in [0.1, 0.15) is 30.5 Å². The second kappa shape index (κ2) is 6.15. The van der Waals surface area contributed by atoms with E-state index >= 15 is 0 Å². The Morgan fingerprint density at radius 3 is 2.85 bits per heavy atom. The number of nitrogens with one attached hydrogen (secondary N) is 1. The van der Waals surface area contributed by atoms with Gasteiger partial charge in [0.15, 0.2) is 0 Å². The zero-order valence-corrected chi connectivity index (χ0v) is 11.7. The Morgan fingerprint density at radius 2 is 2.25 bits per heavy atom. The number of nitro groups is 1. The number of rotatable bonds is 5. The Hall–Kier alpha value is -1.72. The molecule has 0 saturated heterocycles. The van der Waals surface area contributed by atoms with Gasteiger partial charge in [-0.1, -0.05) is 24.3 Å². The Balaban J connectivity index is 2.10. The van der Waals surface area contributed by atoms with Crippen LogP contribution in [0.25, 0.3) is 0 Å². The highest BCUT2D eigenvalue weighted by molar-refractivity contribution is 5.45. The predicted molar refractivity (Wildman–Crippen MR) is 77.5 cm³/mol. The Bertz CT molecular complexity index is 528. The maximum atomic E-state index is 11.0. The lowest BCUT2D eigenvalue weighted by atomic mass is 9.99. The minimum Gasteiger partial charge on any atom is -0.396 e. The van der Waals surface area contributed by atoms with Crippen LogP contribution in [-0.4, -0.2) is 22.7 Å². The highest BCUT2D eigenvalue weighted by atomic mass is 16.6. The van der Waals surface area contributed by atoms with E-state index in [2.05, 4.69) is 11.4 Å². The van der Waals surface area contributed by atoms with Crippen LogP contribution in [0.5, 0.6) is 0 Å². The lowest BCUT2D eigenvalue weighted by Gasteiger charge is -2.21. The zero-order valence-electron chi connectivity index (χ0n) is 11.7. The van der Waals surface area contributed by atoms with E-state index in [0.717, 1.165) is 12.0 Å². The molecule has 1 aliphatic rings. The summed E-state index contributed by atoms with van der Waals surface area (Å²) >= 11 is 0. The highest BCUT2D eigenvalue weighted by Crippen LogP contribution is 2.27. The molecule has 0 bridgehead atoms. The third-order valence-corrected chi connectivity index (χ3v) is 3.88. The van der Waals surface area contributed by atoms with Crippen LogP contribution in [0.2, 0.25) is 0 Å². The third-order valence-electron chi connectivity index (χ3n) is 3.88. The number of aliphatic hydroxyl groups excluding tert-OH is 1. The smallest absolute Gasteiger partial charge is 0.272 e. The minimum atomic E-state index is -0.344. The van der Waals surface area contributed by atoms with Crippen molar-refractivity contribution in [1.82, 2.24) is 5.32 Å². The molecule has 5 nitrogen and oxygen atoms in total. The summed E-state index contributed by atoms with van der Waals surface area (Å²) in [6, 6.07) is 5.41. The summed E-state index contributed by atoms with van der Waals surface area (Å²) in [5.74, 6) is 0.214. The van der Waals surface area contributed by atoms with E-state index in [1.807, 2.05) is 19.1 Å². The number of nitro benzene ring substituents is 1. The van der Waals surface area contributed by atoms with Crippen molar-refractivity contribution in [2.45, 2.75) is 32.4 Å². The normalized spacial score (nSPS) is 22.9. The first-order chi connectivity index (χ1) is 9.52. The van der Waals surface area contributed by atoms with Crippen molar-refractivity contribution in [2.75, 3.05) is 6.61 Å². The van der Waals surface area contributed by atoms with Crippen molar-refractivity contribution in [1.29, 1.82) is 0 Å². The molecule has 1 aliphatic carbocycles. The summed E-state index contributed by atoms with van der Waals surface area (Å²) in [5, 5.41) is 23.5. The van der Waals surface area contributed by atoms with Crippen molar-refractivity contribution in [3.05, 3.63) is 51.6 Å². The van der Waals surface area contributed by atoms with E-state index in [-0.39, 0.29) is 35.2 Å². The van der Waals surface area contributed by atoms with Crippen molar-refractivity contribution in [2.24, 2.45) is 5.92 Å². The summed E-state index contributed by atoms with van der Waals surface area (Å²) in [6.07, 6.45) is 4.95. The van der Waals surface area contributed by atoms with Gasteiger partial charge in [-0.05, 0) is 25.8 Å². The number of hydrogen-bond donors (Lipinski definition) is 2. The van der Waals surface area contributed by atoms with Crippen LogP contribution in [0.15, 0.2) is 30.4 Å². The fourth-order valence-electron chi connectivity index (χ4n) is 2.75. The average Bonchev–Trinajstić information content (AvgIpc) is 2.86. The molecule has 0 spiro atoms. The van der Waals surface area contributed by atoms with Crippen LogP contribution in [0.3, 0.4) is 0 Å². The van der Waals surface area contributed by atoms with Crippen molar-refractivity contribution in [3.8, 4) is 0 Å². The second-order valence-electron chi connectivity index (χ2n) is 5.31. The maximum Gasteiger partial charge on any atom is 0.272 e. The average molecular weight is 276 g/mol. The van der Waals surface area contributed by atoms with Crippen LogP contribution < -0.4 is 5.32 Å². The maximum absolute atomic E-state index is 11.0. The quantitative estimate of drug-likeness (QED) is 0.492. The predicted octanol–water partition coefficient (Wildman–Crippen LogP) is 2.49. The van der Waals surface area contributed by atoms with Crippen LogP contribution in [0, 0.1) is 23.0 Å². The molecule has 2 N–H and O–H groups in total. The molecule has 0 saturated carbocycles. The number of aliphatic hydroxyl groups is 1. The van der Waals surface area contributed by atoms with E-state index in [9.17, 15) is 10.1 Å². The summed E-state index contributed by atoms with van der Waals surface area (Å²) < 4.78 is 0. The van der Waals surface area contributed by atoms with E-state index in [1.165, 1.54) is 6.07 Å². The zero-order chi connectivity index (χ0) is 14.7. The van der Waals surface area contributed by atoms with Crippen LogP contribution in [0.4, 0.5) is 5.69 Å². The van der Waals surface area contributed by atoms with Crippen molar-refractivity contribution >= 4 is 5.69 Å². The molecule has 0 heterocycles. The SMILES string of the molecule is Cc1c([C@@H](C)N[C@@H]2C=C[C@H](CO)C2)cccc1[N+](=O)[O-]. The molecule has 0 amide bonds. The Morgan fingerprint density at radius 1 is 1.50 bits per heavy atom. The monoisotopic (exact) mass is 276 g/mol. The van der Waals surface area contributed by atoms with Gasteiger partial charge in [0.05, 0.1) is 4.92 Å². The van der Waals surface area contributed by atoms with Gasteiger partial charge >= 0.3 is 0 Å². The molecular formula is C15H20N2O3. The number of nitrogens with zero attached hydrogens (tertiary/aromatic N) is 1. The molecule has 20 heavy (non-hydrogen) atoms. The Labute approximate surface area is 118 Å². The summed E-state index contributed by atoms with van der Waals surface area (Å²) in [6.45, 7) is 3.96. The molecule has 0 radical (unpaired) electrons. The van der Waals surface area contributed by atoms with Gasteiger partial charge < -0.3 is 10.4 Å². The fourth-order valence-corrected chi connectivity index (χ4v) is 2.75. The van der Waals surface area contributed by atoms with E-state index < -0.39 is 0 Å². The molecule has 0 fully saturated rings. The largest absolute Gasteiger partial charge is 0.396 e. The van der Waals surface area contributed by atoms with Gasteiger partial charge in [0.25, 0.3) is 5.69 Å². The third kappa shape index (κ3) is 3.05. The standard InChI is InChI=1S/C15H20N2O3/c1-10-14(4-3-5-15(10)17(19)20)11(2)16-13-7-6-12(8-13)9-18/h3-7,11-13,16,18H,8-9H2,1-2H3/t11-,12+,13-/m1/s1. The van der Waals surface area contributed by atoms with E-state index in [4.69, 9.17) is 5.11 Å². The summed E-state index contributed by atoms with van der Waals surface area (Å²) in [5.41, 5.74) is 1.81. The molecule has 0 aliphatic heterocycles. The number of benzene rings is 1. The number of hydrogen-bond acceptors (Lipinski definition) is 4.